The number of rotatable bonds is 2. The number of carbonyl (C=O) groups is 1. The fourth-order valence-electron chi connectivity index (χ4n) is 2.19. The highest BCUT2D eigenvalue weighted by molar-refractivity contribution is 6.19. The van der Waals surface area contributed by atoms with Gasteiger partial charge < -0.3 is 5.32 Å². The monoisotopic (exact) mass is 298 g/mol. The maximum atomic E-state index is 13.7. The summed E-state index contributed by atoms with van der Waals surface area (Å²) in [6, 6.07) is 10.6. The van der Waals surface area contributed by atoms with Gasteiger partial charge in [0, 0.05) is 0 Å². The zero-order valence-corrected chi connectivity index (χ0v) is 11.7. The molecule has 0 aromatic heterocycles. The minimum atomic E-state index is -0.641. The average molecular weight is 298 g/mol. The van der Waals surface area contributed by atoms with Gasteiger partial charge >= 0.3 is 0 Å². The van der Waals surface area contributed by atoms with E-state index in [4.69, 9.17) is 0 Å². The lowest BCUT2D eigenvalue weighted by Crippen LogP contribution is -2.25. The molecule has 0 fully saturated rings. The van der Waals surface area contributed by atoms with Crippen molar-refractivity contribution in [2.75, 3.05) is 0 Å². The van der Waals surface area contributed by atoms with Crippen LogP contribution in [0.25, 0.3) is 6.08 Å². The third-order valence-electron chi connectivity index (χ3n) is 3.23. The Hall–Kier alpha value is -2.82. The van der Waals surface area contributed by atoms with Crippen LogP contribution in [0.4, 0.5) is 8.78 Å². The minimum Gasteiger partial charge on any atom is -0.305 e. The van der Waals surface area contributed by atoms with Gasteiger partial charge in [-0.3, -0.25) is 4.79 Å². The summed E-state index contributed by atoms with van der Waals surface area (Å²) in [6.45, 7) is 1.94. The molecule has 0 spiro atoms. The van der Waals surface area contributed by atoms with Crippen LogP contribution in [0.1, 0.15) is 16.7 Å². The normalized spacial score (nSPS) is 15.9. The van der Waals surface area contributed by atoms with E-state index >= 15 is 0 Å². The smallest absolute Gasteiger partial charge is 0.275 e. The van der Waals surface area contributed by atoms with Gasteiger partial charge in [-0.05, 0) is 36.8 Å². The highest BCUT2D eigenvalue weighted by atomic mass is 19.1. The zero-order chi connectivity index (χ0) is 15.7. The average Bonchev–Trinajstić information content (AvgIpc) is 2.83. The Balaban J connectivity index is 2.00. The molecule has 22 heavy (non-hydrogen) atoms. The van der Waals surface area contributed by atoms with Gasteiger partial charge in [0.25, 0.3) is 5.91 Å². The van der Waals surface area contributed by atoms with E-state index in [0.29, 0.717) is 0 Å². The van der Waals surface area contributed by atoms with Gasteiger partial charge in [-0.25, -0.2) is 13.8 Å². The largest absolute Gasteiger partial charge is 0.305 e. The number of amidine groups is 1. The summed E-state index contributed by atoms with van der Waals surface area (Å²) in [5.41, 5.74) is 1.95. The summed E-state index contributed by atoms with van der Waals surface area (Å²) in [4.78, 5) is 16.0. The van der Waals surface area contributed by atoms with Crippen LogP contribution < -0.4 is 5.32 Å². The Labute approximate surface area is 126 Å². The first-order valence-corrected chi connectivity index (χ1v) is 6.67. The second kappa shape index (κ2) is 5.52. The molecule has 2 aromatic carbocycles. The first kappa shape index (κ1) is 14.1. The first-order chi connectivity index (χ1) is 10.5. The quantitative estimate of drug-likeness (QED) is 0.850. The highest BCUT2D eigenvalue weighted by Gasteiger charge is 2.23. The first-order valence-electron chi connectivity index (χ1n) is 6.67. The topological polar surface area (TPSA) is 41.5 Å². The van der Waals surface area contributed by atoms with Crippen molar-refractivity contribution in [1.29, 1.82) is 0 Å². The van der Waals surface area contributed by atoms with Crippen LogP contribution >= 0.6 is 0 Å². The molecule has 0 aliphatic carbocycles. The Bertz CT molecular complexity index is 825. The Morgan fingerprint density at radius 3 is 2.73 bits per heavy atom. The SMILES string of the molecule is Cc1cccc(/C=C2\N=C(c3cc(F)ccc3F)NC2=O)c1. The van der Waals surface area contributed by atoms with Crippen molar-refractivity contribution in [2.24, 2.45) is 4.99 Å². The summed E-state index contributed by atoms with van der Waals surface area (Å²) in [6.07, 6.45) is 1.60. The van der Waals surface area contributed by atoms with Crippen molar-refractivity contribution in [3.05, 3.63) is 76.5 Å². The number of nitrogens with zero attached hydrogens (tertiary/aromatic N) is 1. The summed E-state index contributed by atoms with van der Waals surface area (Å²) < 4.78 is 27.0. The molecule has 1 amide bonds. The molecule has 5 heteroatoms. The van der Waals surface area contributed by atoms with E-state index in [1.165, 1.54) is 0 Å². The minimum absolute atomic E-state index is 0.0147. The molecule has 1 aliphatic rings. The molecule has 3 rings (SSSR count). The number of amides is 1. The van der Waals surface area contributed by atoms with Crippen LogP contribution in [0.3, 0.4) is 0 Å². The van der Waals surface area contributed by atoms with Gasteiger partial charge in [0.05, 0.1) is 5.56 Å². The van der Waals surface area contributed by atoms with Crippen molar-refractivity contribution >= 4 is 17.8 Å². The number of aryl methyl sites for hydroxylation is 1. The molecule has 0 unspecified atom stereocenters. The third-order valence-corrected chi connectivity index (χ3v) is 3.23. The van der Waals surface area contributed by atoms with Crippen LogP contribution in [0.5, 0.6) is 0 Å². The molecule has 0 radical (unpaired) electrons. The number of aliphatic imine (C=N–C) groups is 1. The molecule has 2 aromatic rings. The number of carbonyl (C=O) groups excluding carboxylic acids is 1. The molecular weight excluding hydrogens is 286 g/mol. The molecule has 0 saturated heterocycles. The standard InChI is InChI=1S/C17H12F2N2O/c1-10-3-2-4-11(7-10)8-15-17(22)21-16(20-15)13-9-12(18)5-6-14(13)19/h2-9H,1H3,(H,20,21,22)/b15-8-. The van der Waals surface area contributed by atoms with Crippen LogP contribution in [0, 0.1) is 18.6 Å². The van der Waals surface area contributed by atoms with Gasteiger partial charge in [-0.1, -0.05) is 29.8 Å². The van der Waals surface area contributed by atoms with E-state index in [0.717, 1.165) is 29.3 Å². The van der Waals surface area contributed by atoms with E-state index in [9.17, 15) is 13.6 Å². The predicted molar refractivity (Wildman–Crippen MR) is 80.2 cm³/mol. The van der Waals surface area contributed by atoms with Gasteiger partial charge in [-0.15, -0.1) is 0 Å². The number of benzene rings is 2. The number of halogens is 2. The summed E-state index contributed by atoms with van der Waals surface area (Å²) in [7, 11) is 0. The molecule has 1 aliphatic heterocycles. The van der Waals surface area contributed by atoms with E-state index in [1.54, 1.807) is 6.08 Å². The van der Waals surface area contributed by atoms with Crippen molar-refractivity contribution in [3.8, 4) is 0 Å². The second-order valence-corrected chi connectivity index (χ2v) is 4.98. The van der Waals surface area contributed by atoms with E-state index in [1.807, 2.05) is 31.2 Å². The van der Waals surface area contributed by atoms with Crippen molar-refractivity contribution in [3.63, 3.8) is 0 Å². The maximum absolute atomic E-state index is 13.7. The molecule has 0 bridgehead atoms. The number of hydrogen-bond acceptors (Lipinski definition) is 2. The molecule has 110 valence electrons. The maximum Gasteiger partial charge on any atom is 0.275 e. The van der Waals surface area contributed by atoms with Gasteiger partial charge in [-0.2, -0.15) is 0 Å². The molecule has 1 heterocycles. The van der Waals surface area contributed by atoms with E-state index in [2.05, 4.69) is 10.3 Å². The number of hydrogen-bond donors (Lipinski definition) is 1. The van der Waals surface area contributed by atoms with E-state index in [-0.39, 0.29) is 17.1 Å². The van der Waals surface area contributed by atoms with Crippen molar-refractivity contribution < 1.29 is 13.6 Å². The predicted octanol–water partition coefficient (Wildman–Crippen LogP) is 3.19. The second-order valence-electron chi connectivity index (χ2n) is 4.98. The highest BCUT2D eigenvalue weighted by Crippen LogP contribution is 2.18. The van der Waals surface area contributed by atoms with Gasteiger partial charge in [0.2, 0.25) is 0 Å². The lowest BCUT2D eigenvalue weighted by Gasteiger charge is -2.02. The lowest BCUT2D eigenvalue weighted by atomic mass is 10.1. The molecule has 1 N–H and O–H groups in total. The fraction of sp³-hybridized carbons (Fsp3) is 0.0588. The summed E-state index contributed by atoms with van der Waals surface area (Å²) in [5.74, 6) is -1.66. The van der Waals surface area contributed by atoms with Gasteiger partial charge in [0.15, 0.2) is 0 Å². The summed E-state index contributed by atoms with van der Waals surface area (Å²) >= 11 is 0. The Kier molecular flexibility index (Phi) is 3.55. The summed E-state index contributed by atoms with van der Waals surface area (Å²) in [5, 5.41) is 2.46. The molecule has 0 atom stereocenters. The molecule has 0 saturated carbocycles. The van der Waals surface area contributed by atoms with Gasteiger partial charge in [0.1, 0.15) is 23.2 Å². The fourth-order valence-corrected chi connectivity index (χ4v) is 2.19. The van der Waals surface area contributed by atoms with Crippen LogP contribution in [-0.4, -0.2) is 11.7 Å². The number of nitrogens with one attached hydrogen (secondary N) is 1. The Morgan fingerprint density at radius 1 is 1.14 bits per heavy atom. The van der Waals surface area contributed by atoms with Crippen LogP contribution in [0.15, 0.2) is 53.2 Å². The lowest BCUT2D eigenvalue weighted by molar-refractivity contribution is -0.115. The van der Waals surface area contributed by atoms with Crippen molar-refractivity contribution in [2.45, 2.75) is 6.92 Å². The third kappa shape index (κ3) is 2.79. The molecular formula is C17H12F2N2O. The van der Waals surface area contributed by atoms with Crippen LogP contribution in [-0.2, 0) is 4.79 Å². The Morgan fingerprint density at radius 2 is 1.95 bits per heavy atom. The molecule has 3 nitrogen and oxygen atoms in total. The zero-order valence-electron chi connectivity index (χ0n) is 11.7. The van der Waals surface area contributed by atoms with Crippen LogP contribution in [0.2, 0.25) is 0 Å². The van der Waals surface area contributed by atoms with Crippen molar-refractivity contribution in [1.82, 2.24) is 5.32 Å². The van der Waals surface area contributed by atoms with E-state index < -0.39 is 17.5 Å².